The first-order valence-electron chi connectivity index (χ1n) is 9.00. The minimum Gasteiger partial charge on any atom is -0.484 e. The lowest BCUT2D eigenvalue weighted by Gasteiger charge is -2.15. The van der Waals surface area contributed by atoms with Crippen molar-refractivity contribution in [1.82, 2.24) is 5.32 Å². The Morgan fingerprint density at radius 2 is 1.31 bits per heavy atom. The van der Waals surface area contributed by atoms with Gasteiger partial charge in [0.1, 0.15) is 17.4 Å². The Balaban J connectivity index is 1.53. The number of carbonyl (C=O) groups is 2. The number of benzene rings is 3. The van der Waals surface area contributed by atoms with Crippen LogP contribution in [-0.4, -0.2) is 18.3 Å². The summed E-state index contributed by atoms with van der Waals surface area (Å²) in [5.41, 5.74) is 1.59. The average Bonchev–Trinajstić information content (AvgIpc) is 2.73. The minimum absolute atomic E-state index is 0.198. The van der Waals surface area contributed by atoms with E-state index in [9.17, 15) is 18.4 Å². The van der Waals surface area contributed by atoms with E-state index in [4.69, 9.17) is 4.74 Å². The molecule has 3 aromatic rings. The summed E-state index contributed by atoms with van der Waals surface area (Å²) >= 11 is 0. The van der Waals surface area contributed by atoms with Crippen LogP contribution in [0.4, 0.5) is 8.78 Å². The zero-order valence-electron chi connectivity index (χ0n) is 15.7. The Kier molecular flexibility index (Phi) is 6.34. The Morgan fingerprint density at radius 1 is 0.828 bits per heavy atom. The van der Waals surface area contributed by atoms with Crippen LogP contribution in [0.25, 0.3) is 0 Å². The quantitative estimate of drug-likeness (QED) is 0.602. The van der Waals surface area contributed by atoms with E-state index in [0.29, 0.717) is 16.9 Å². The molecule has 3 rings (SSSR count). The second kappa shape index (κ2) is 9.10. The maximum atomic E-state index is 13.0. The monoisotopic (exact) mass is 395 g/mol. The highest BCUT2D eigenvalue weighted by Crippen LogP contribution is 2.16. The van der Waals surface area contributed by atoms with Crippen LogP contribution in [0.2, 0.25) is 0 Å². The van der Waals surface area contributed by atoms with Crippen molar-refractivity contribution in [3.63, 3.8) is 0 Å². The summed E-state index contributed by atoms with van der Waals surface area (Å²) < 4.78 is 31.4. The molecule has 0 saturated heterocycles. The molecular formula is C23H19F2NO3. The normalized spacial score (nSPS) is 11.6. The lowest BCUT2D eigenvalue weighted by Crippen LogP contribution is -2.31. The van der Waals surface area contributed by atoms with Crippen LogP contribution in [0.15, 0.2) is 72.8 Å². The van der Waals surface area contributed by atoms with Gasteiger partial charge in [0.05, 0.1) is 6.04 Å². The third kappa shape index (κ3) is 5.48. The molecule has 0 fully saturated rings. The van der Waals surface area contributed by atoms with E-state index in [1.54, 1.807) is 43.3 Å². The zero-order chi connectivity index (χ0) is 20.8. The summed E-state index contributed by atoms with van der Waals surface area (Å²) in [5, 5.41) is 2.77. The van der Waals surface area contributed by atoms with Crippen LogP contribution in [0.3, 0.4) is 0 Å². The van der Waals surface area contributed by atoms with Crippen molar-refractivity contribution in [2.75, 3.05) is 6.61 Å². The van der Waals surface area contributed by atoms with Gasteiger partial charge < -0.3 is 10.1 Å². The maximum Gasteiger partial charge on any atom is 0.258 e. The molecule has 29 heavy (non-hydrogen) atoms. The highest BCUT2D eigenvalue weighted by molar-refractivity contribution is 6.09. The van der Waals surface area contributed by atoms with Gasteiger partial charge in [-0.25, -0.2) is 8.78 Å². The number of halogens is 2. The van der Waals surface area contributed by atoms with Crippen LogP contribution in [0, 0.1) is 11.6 Å². The Hall–Kier alpha value is -3.54. The Labute approximate surface area is 167 Å². The topological polar surface area (TPSA) is 55.4 Å². The van der Waals surface area contributed by atoms with Crippen molar-refractivity contribution in [2.24, 2.45) is 0 Å². The molecule has 0 bridgehead atoms. The molecule has 1 amide bonds. The SMILES string of the molecule is C[C@@H](NC(=O)COc1ccc(C(=O)c2ccc(F)cc2)cc1)c1ccc(F)cc1. The smallest absolute Gasteiger partial charge is 0.258 e. The van der Waals surface area contributed by atoms with E-state index in [1.165, 1.54) is 36.4 Å². The minimum atomic E-state index is -0.405. The van der Waals surface area contributed by atoms with Crippen molar-refractivity contribution >= 4 is 11.7 Å². The van der Waals surface area contributed by atoms with E-state index in [0.717, 1.165) is 5.56 Å². The van der Waals surface area contributed by atoms with Gasteiger partial charge in [0.2, 0.25) is 0 Å². The first kappa shape index (κ1) is 20.2. The molecule has 0 radical (unpaired) electrons. The molecule has 0 spiro atoms. The fraction of sp³-hybridized carbons (Fsp3) is 0.130. The van der Waals surface area contributed by atoms with Gasteiger partial charge in [0.15, 0.2) is 12.4 Å². The fourth-order valence-electron chi connectivity index (χ4n) is 2.74. The maximum absolute atomic E-state index is 13.0. The van der Waals surface area contributed by atoms with Crippen molar-refractivity contribution in [2.45, 2.75) is 13.0 Å². The summed E-state index contributed by atoms with van der Waals surface area (Å²) in [4.78, 5) is 24.4. The summed E-state index contributed by atoms with van der Waals surface area (Å²) in [6.07, 6.45) is 0. The molecule has 0 aliphatic carbocycles. The molecular weight excluding hydrogens is 376 g/mol. The number of carbonyl (C=O) groups excluding carboxylic acids is 2. The van der Waals surface area contributed by atoms with E-state index < -0.39 is 5.82 Å². The third-order valence-electron chi connectivity index (χ3n) is 4.34. The lowest BCUT2D eigenvalue weighted by molar-refractivity contribution is -0.123. The Bertz CT molecular complexity index is 984. The van der Waals surface area contributed by atoms with Gasteiger partial charge in [-0.2, -0.15) is 0 Å². The predicted octanol–water partition coefficient (Wildman–Crippen LogP) is 4.45. The molecule has 0 aliphatic heterocycles. The van der Waals surface area contributed by atoms with Crippen molar-refractivity contribution in [3.8, 4) is 5.75 Å². The molecule has 1 atom stereocenters. The molecule has 6 heteroatoms. The average molecular weight is 395 g/mol. The number of ether oxygens (including phenoxy) is 1. The number of nitrogens with one attached hydrogen (secondary N) is 1. The standard InChI is InChI=1S/C23H19F2NO3/c1-15(16-2-8-19(24)9-3-16)26-22(27)14-29-21-12-6-18(7-13-21)23(28)17-4-10-20(25)11-5-17/h2-13,15H,14H2,1H3,(H,26,27)/t15-/m1/s1. The number of amides is 1. The van der Waals surface area contributed by atoms with Crippen molar-refractivity contribution in [1.29, 1.82) is 0 Å². The Morgan fingerprint density at radius 3 is 1.86 bits per heavy atom. The fourth-order valence-corrected chi connectivity index (χ4v) is 2.74. The molecule has 0 saturated carbocycles. The van der Waals surface area contributed by atoms with E-state index in [-0.39, 0.29) is 30.2 Å². The van der Waals surface area contributed by atoms with E-state index in [1.807, 2.05) is 0 Å². The van der Waals surface area contributed by atoms with Gasteiger partial charge in [-0.1, -0.05) is 12.1 Å². The van der Waals surface area contributed by atoms with E-state index in [2.05, 4.69) is 5.32 Å². The van der Waals surface area contributed by atoms with Crippen LogP contribution in [0.5, 0.6) is 5.75 Å². The van der Waals surface area contributed by atoms with Gasteiger partial charge in [0.25, 0.3) is 5.91 Å². The molecule has 3 aromatic carbocycles. The number of rotatable bonds is 7. The summed E-state index contributed by atoms with van der Waals surface area (Å²) in [7, 11) is 0. The first-order chi connectivity index (χ1) is 13.9. The van der Waals surface area contributed by atoms with Crippen LogP contribution in [0.1, 0.15) is 34.5 Å². The van der Waals surface area contributed by atoms with Gasteiger partial charge in [-0.3, -0.25) is 9.59 Å². The lowest BCUT2D eigenvalue weighted by atomic mass is 10.0. The van der Waals surface area contributed by atoms with Crippen LogP contribution in [-0.2, 0) is 4.79 Å². The second-order valence-electron chi connectivity index (χ2n) is 6.49. The molecule has 4 nitrogen and oxygen atoms in total. The van der Waals surface area contributed by atoms with E-state index >= 15 is 0 Å². The summed E-state index contributed by atoms with van der Waals surface area (Å²) in [6, 6.07) is 17.3. The molecule has 148 valence electrons. The summed E-state index contributed by atoms with van der Waals surface area (Å²) in [5.74, 6) is -0.866. The highest BCUT2D eigenvalue weighted by atomic mass is 19.1. The van der Waals surface area contributed by atoms with Gasteiger partial charge >= 0.3 is 0 Å². The molecule has 0 unspecified atom stereocenters. The van der Waals surface area contributed by atoms with Crippen molar-refractivity contribution < 1.29 is 23.1 Å². The molecule has 0 aliphatic rings. The number of hydrogen-bond acceptors (Lipinski definition) is 3. The molecule has 1 N–H and O–H groups in total. The van der Waals surface area contributed by atoms with Gasteiger partial charge in [0, 0.05) is 11.1 Å². The highest BCUT2D eigenvalue weighted by Gasteiger charge is 2.12. The predicted molar refractivity (Wildman–Crippen MR) is 105 cm³/mol. The number of ketones is 1. The molecule has 0 aromatic heterocycles. The van der Waals surface area contributed by atoms with Crippen LogP contribution >= 0.6 is 0 Å². The first-order valence-corrected chi connectivity index (χ1v) is 9.00. The third-order valence-corrected chi connectivity index (χ3v) is 4.34. The van der Waals surface area contributed by atoms with Gasteiger partial charge in [-0.05, 0) is 73.2 Å². The van der Waals surface area contributed by atoms with Crippen molar-refractivity contribution in [3.05, 3.63) is 101 Å². The van der Waals surface area contributed by atoms with Gasteiger partial charge in [-0.15, -0.1) is 0 Å². The van der Waals surface area contributed by atoms with Crippen LogP contribution < -0.4 is 10.1 Å². The molecule has 0 heterocycles. The largest absolute Gasteiger partial charge is 0.484 e. The summed E-state index contributed by atoms with van der Waals surface area (Å²) in [6.45, 7) is 1.60. The second-order valence-corrected chi connectivity index (χ2v) is 6.49. The zero-order valence-corrected chi connectivity index (χ0v) is 15.7. The number of hydrogen-bond donors (Lipinski definition) is 1.